The highest BCUT2D eigenvalue weighted by atomic mass is 16.5. The van der Waals surface area contributed by atoms with Crippen molar-refractivity contribution < 1.29 is 19.4 Å². The van der Waals surface area contributed by atoms with Crippen LogP contribution in [0.2, 0.25) is 0 Å². The molecule has 1 amide bonds. The van der Waals surface area contributed by atoms with Crippen molar-refractivity contribution in [3.63, 3.8) is 0 Å². The Morgan fingerprint density at radius 1 is 1.23 bits per heavy atom. The van der Waals surface area contributed by atoms with Crippen LogP contribution in [0.15, 0.2) is 24.3 Å². The normalized spacial score (nSPS) is 16.3. The van der Waals surface area contributed by atoms with Crippen molar-refractivity contribution >= 4 is 11.9 Å². The Bertz CT molecular complexity index is 532. The second-order valence-electron chi connectivity index (χ2n) is 5.73. The lowest BCUT2D eigenvalue weighted by atomic mass is 9.77. The number of likely N-dealkylation sites (N-methyl/N-ethyl adjacent to an activating group) is 1. The van der Waals surface area contributed by atoms with Crippen LogP contribution in [-0.2, 0) is 15.0 Å². The van der Waals surface area contributed by atoms with Crippen molar-refractivity contribution in [3.05, 3.63) is 29.8 Å². The molecule has 0 aromatic heterocycles. The summed E-state index contributed by atoms with van der Waals surface area (Å²) < 4.78 is 5.17. The number of carbonyl (C=O) groups is 2. The molecule has 5 nitrogen and oxygen atoms in total. The number of carbonyl (C=O) groups excluding carboxylic acids is 1. The van der Waals surface area contributed by atoms with Crippen LogP contribution in [-0.4, -0.2) is 42.1 Å². The molecule has 0 heterocycles. The molecule has 1 aromatic carbocycles. The maximum absolute atomic E-state index is 13.0. The van der Waals surface area contributed by atoms with Gasteiger partial charge in [-0.1, -0.05) is 25.0 Å². The molecule has 0 radical (unpaired) electrons. The van der Waals surface area contributed by atoms with E-state index < -0.39 is 11.4 Å². The Kier molecular flexibility index (Phi) is 5.06. The van der Waals surface area contributed by atoms with Crippen molar-refractivity contribution in [2.75, 3.05) is 20.2 Å². The molecule has 1 aliphatic rings. The van der Waals surface area contributed by atoms with E-state index in [0.29, 0.717) is 6.54 Å². The summed E-state index contributed by atoms with van der Waals surface area (Å²) >= 11 is 0. The average Bonchev–Trinajstić information content (AvgIpc) is 3.02. The Morgan fingerprint density at radius 3 is 2.27 bits per heavy atom. The first-order valence-electron chi connectivity index (χ1n) is 7.69. The third kappa shape index (κ3) is 3.08. The van der Waals surface area contributed by atoms with Crippen LogP contribution < -0.4 is 4.74 Å². The van der Waals surface area contributed by atoms with E-state index in [4.69, 9.17) is 9.84 Å². The van der Waals surface area contributed by atoms with Crippen LogP contribution in [0, 0.1) is 0 Å². The van der Waals surface area contributed by atoms with Gasteiger partial charge in [0.25, 0.3) is 0 Å². The lowest BCUT2D eigenvalue weighted by Gasteiger charge is -2.33. The van der Waals surface area contributed by atoms with E-state index in [9.17, 15) is 9.59 Å². The van der Waals surface area contributed by atoms with Crippen molar-refractivity contribution in [2.45, 2.75) is 38.0 Å². The summed E-state index contributed by atoms with van der Waals surface area (Å²) in [5.41, 5.74) is 0.372. The number of carboxylic acids is 1. The molecule has 0 unspecified atom stereocenters. The molecule has 1 aromatic rings. The minimum Gasteiger partial charge on any atom is -0.497 e. The van der Waals surface area contributed by atoms with Crippen LogP contribution >= 0.6 is 0 Å². The van der Waals surface area contributed by atoms with E-state index in [-0.39, 0.29) is 12.5 Å². The maximum atomic E-state index is 13.0. The number of hydrogen-bond acceptors (Lipinski definition) is 3. The van der Waals surface area contributed by atoms with Gasteiger partial charge < -0.3 is 14.7 Å². The van der Waals surface area contributed by atoms with Gasteiger partial charge >= 0.3 is 5.97 Å². The topological polar surface area (TPSA) is 66.8 Å². The quantitative estimate of drug-likeness (QED) is 0.876. The van der Waals surface area contributed by atoms with Gasteiger partial charge in [0.05, 0.1) is 12.5 Å². The number of benzene rings is 1. The van der Waals surface area contributed by atoms with Crippen LogP contribution in [0.4, 0.5) is 0 Å². The number of ether oxygens (including phenoxy) is 1. The molecule has 2 rings (SSSR count). The van der Waals surface area contributed by atoms with Gasteiger partial charge in [-0.3, -0.25) is 9.59 Å². The number of nitrogens with zero attached hydrogens (tertiary/aromatic N) is 1. The van der Waals surface area contributed by atoms with E-state index in [1.807, 2.05) is 31.2 Å². The molecule has 22 heavy (non-hydrogen) atoms. The number of rotatable bonds is 6. The Morgan fingerprint density at radius 2 is 1.82 bits per heavy atom. The fourth-order valence-electron chi connectivity index (χ4n) is 3.31. The van der Waals surface area contributed by atoms with Gasteiger partial charge in [0.2, 0.25) is 5.91 Å². The fraction of sp³-hybridized carbons (Fsp3) is 0.529. The monoisotopic (exact) mass is 305 g/mol. The Labute approximate surface area is 130 Å². The zero-order valence-corrected chi connectivity index (χ0v) is 13.2. The lowest BCUT2D eigenvalue weighted by molar-refractivity contribution is -0.147. The smallest absolute Gasteiger partial charge is 0.323 e. The molecule has 0 spiro atoms. The van der Waals surface area contributed by atoms with Crippen LogP contribution in [0.3, 0.4) is 0 Å². The summed E-state index contributed by atoms with van der Waals surface area (Å²) in [4.78, 5) is 25.5. The standard InChI is InChI=1S/C17H23NO4/c1-3-18(12-15(19)20)16(21)17(10-4-5-11-17)13-6-8-14(22-2)9-7-13/h6-9H,3-5,10-12H2,1-2H3,(H,19,20). The number of methoxy groups -OCH3 is 1. The second kappa shape index (κ2) is 6.81. The molecular formula is C17H23NO4. The van der Waals surface area contributed by atoms with Gasteiger partial charge in [-0.05, 0) is 37.5 Å². The van der Waals surface area contributed by atoms with Crippen LogP contribution in [0.25, 0.3) is 0 Å². The summed E-state index contributed by atoms with van der Waals surface area (Å²) in [6.45, 7) is 1.98. The first-order chi connectivity index (χ1) is 10.5. The predicted molar refractivity (Wildman–Crippen MR) is 83.0 cm³/mol. The summed E-state index contributed by atoms with van der Waals surface area (Å²) in [5.74, 6) is -0.291. The average molecular weight is 305 g/mol. The van der Waals surface area contributed by atoms with Crippen LogP contribution in [0.1, 0.15) is 38.2 Å². The number of hydrogen-bond donors (Lipinski definition) is 1. The van der Waals surface area contributed by atoms with Crippen LogP contribution in [0.5, 0.6) is 5.75 Å². The van der Waals surface area contributed by atoms with E-state index in [1.54, 1.807) is 7.11 Å². The summed E-state index contributed by atoms with van der Waals surface area (Å²) in [6, 6.07) is 7.57. The van der Waals surface area contributed by atoms with Gasteiger partial charge in [-0.2, -0.15) is 0 Å². The third-order valence-electron chi connectivity index (χ3n) is 4.50. The lowest BCUT2D eigenvalue weighted by Crippen LogP contribution is -2.47. The molecule has 1 aliphatic carbocycles. The predicted octanol–water partition coefficient (Wildman–Crippen LogP) is 2.44. The summed E-state index contributed by atoms with van der Waals surface area (Å²) in [5, 5.41) is 9.02. The Hall–Kier alpha value is -2.04. The molecule has 0 saturated heterocycles. The molecule has 0 bridgehead atoms. The number of amides is 1. The largest absolute Gasteiger partial charge is 0.497 e. The number of aliphatic carboxylic acids is 1. The van der Waals surface area contributed by atoms with Crippen molar-refractivity contribution in [1.29, 1.82) is 0 Å². The molecule has 0 atom stereocenters. The number of carboxylic acid groups (broad SMARTS) is 1. The minimum absolute atomic E-state index is 0.0694. The van der Waals surface area contributed by atoms with Crippen molar-refractivity contribution in [2.24, 2.45) is 0 Å². The fourth-order valence-corrected chi connectivity index (χ4v) is 3.31. The Balaban J connectivity index is 2.34. The summed E-state index contributed by atoms with van der Waals surface area (Å²) in [7, 11) is 1.61. The first kappa shape index (κ1) is 16.3. The van der Waals surface area contributed by atoms with Crippen molar-refractivity contribution in [1.82, 2.24) is 4.90 Å². The summed E-state index contributed by atoms with van der Waals surface area (Å²) in [6.07, 6.45) is 3.52. The SMILES string of the molecule is CCN(CC(=O)O)C(=O)C1(c2ccc(OC)cc2)CCCC1. The molecular weight excluding hydrogens is 282 g/mol. The molecule has 120 valence electrons. The van der Waals surface area contributed by atoms with Gasteiger partial charge in [-0.25, -0.2) is 0 Å². The zero-order valence-electron chi connectivity index (χ0n) is 13.2. The molecule has 1 saturated carbocycles. The second-order valence-corrected chi connectivity index (χ2v) is 5.73. The van der Waals surface area contributed by atoms with E-state index in [0.717, 1.165) is 37.0 Å². The van der Waals surface area contributed by atoms with Gasteiger partial charge in [0.1, 0.15) is 12.3 Å². The molecule has 5 heteroatoms. The van der Waals surface area contributed by atoms with Gasteiger partial charge in [0, 0.05) is 6.54 Å². The molecule has 1 N–H and O–H groups in total. The third-order valence-corrected chi connectivity index (χ3v) is 4.50. The highest BCUT2D eigenvalue weighted by Gasteiger charge is 2.44. The zero-order chi connectivity index (χ0) is 16.2. The van der Waals surface area contributed by atoms with E-state index >= 15 is 0 Å². The van der Waals surface area contributed by atoms with E-state index in [1.165, 1.54) is 4.90 Å². The van der Waals surface area contributed by atoms with Crippen molar-refractivity contribution in [3.8, 4) is 5.75 Å². The first-order valence-corrected chi connectivity index (χ1v) is 7.69. The molecule has 1 fully saturated rings. The highest BCUT2D eigenvalue weighted by Crippen LogP contribution is 2.43. The minimum atomic E-state index is -0.974. The highest BCUT2D eigenvalue weighted by molar-refractivity contribution is 5.90. The maximum Gasteiger partial charge on any atom is 0.323 e. The molecule has 0 aliphatic heterocycles. The van der Waals surface area contributed by atoms with Gasteiger partial charge in [-0.15, -0.1) is 0 Å². The van der Waals surface area contributed by atoms with E-state index in [2.05, 4.69) is 0 Å². The van der Waals surface area contributed by atoms with Gasteiger partial charge in [0.15, 0.2) is 0 Å².